The van der Waals surface area contributed by atoms with E-state index in [4.69, 9.17) is 5.73 Å². The first-order chi connectivity index (χ1) is 6.72. The molecule has 1 rings (SSSR count). The second kappa shape index (κ2) is 5.60. The van der Waals surface area contributed by atoms with Gasteiger partial charge < -0.3 is 5.73 Å². The van der Waals surface area contributed by atoms with Gasteiger partial charge in [0.1, 0.15) is 0 Å². The van der Waals surface area contributed by atoms with Crippen molar-refractivity contribution in [2.24, 2.45) is 12.8 Å². The Balaban J connectivity index is 2.33. The Labute approximate surface area is 85.6 Å². The minimum absolute atomic E-state index is 0.740. The van der Waals surface area contributed by atoms with Crippen molar-refractivity contribution in [1.82, 2.24) is 9.78 Å². The first-order valence-corrected chi connectivity index (χ1v) is 5.05. The number of hydrogen-bond acceptors (Lipinski definition) is 2. The lowest BCUT2D eigenvalue weighted by atomic mass is 10.1. The zero-order valence-electron chi connectivity index (χ0n) is 9.03. The molecule has 0 radical (unpaired) electrons. The molecule has 0 spiro atoms. The first-order valence-electron chi connectivity index (χ1n) is 5.05. The number of nitrogens with zero attached hydrogens (tertiary/aromatic N) is 2. The van der Waals surface area contributed by atoms with Gasteiger partial charge in [0, 0.05) is 13.2 Å². The molecule has 3 heteroatoms. The Morgan fingerprint density at radius 2 is 2.43 bits per heavy atom. The van der Waals surface area contributed by atoms with Gasteiger partial charge in [-0.15, -0.1) is 0 Å². The molecule has 1 aromatic heterocycles. The third kappa shape index (κ3) is 3.75. The molecule has 0 aliphatic heterocycles. The molecular formula is C11H19N3. The molecule has 0 aliphatic carbocycles. The van der Waals surface area contributed by atoms with E-state index >= 15 is 0 Å². The molecule has 0 bridgehead atoms. The molecule has 0 unspecified atom stereocenters. The van der Waals surface area contributed by atoms with Gasteiger partial charge in [0.05, 0.1) is 6.20 Å². The van der Waals surface area contributed by atoms with Gasteiger partial charge >= 0.3 is 0 Å². The van der Waals surface area contributed by atoms with E-state index < -0.39 is 0 Å². The topological polar surface area (TPSA) is 43.8 Å². The van der Waals surface area contributed by atoms with E-state index in [1.165, 1.54) is 11.1 Å². The fourth-order valence-corrected chi connectivity index (χ4v) is 1.37. The molecule has 2 N–H and O–H groups in total. The number of allylic oxidation sites excluding steroid dienone is 1. The highest BCUT2D eigenvalue weighted by Gasteiger charge is 1.96. The highest BCUT2D eigenvalue weighted by molar-refractivity contribution is 5.08. The van der Waals surface area contributed by atoms with Crippen LogP contribution in [0.4, 0.5) is 0 Å². The van der Waals surface area contributed by atoms with Gasteiger partial charge in [-0.25, -0.2) is 0 Å². The van der Waals surface area contributed by atoms with Crippen molar-refractivity contribution in [3.05, 3.63) is 29.6 Å². The fourth-order valence-electron chi connectivity index (χ4n) is 1.37. The molecule has 14 heavy (non-hydrogen) atoms. The van der Waals surface area contributed by atoms with Crippen molar-refractivity contribution in [2.45, 2.75) is 26.2 Å². The minimum atomic E-state index is 0.740. The van der Waals surface area contributed by atoms with Gasteiger partial charge in [0.2, 0.25) is 0 Å². The van der Waals surface area contributed by atoms with Crippen molar-refractivity contribution in [3.8, 4) is 0 Å². The summed E-state index contributed by atoms with van der Waals surface area (Å²) < 4.78 is 1.84. The number of aryl methyl sites for hydroxylation is 2. The Morgan fingerprint density at radius 1 is 1.64 bits per heavy atom. The molecular weight excluding hydrogens is 174 g/mol. The van der Waals surface area contributed by atoms with E-state index in [0.717, 1.165) is 25.8 Å². The van der Waals surface area contributed by atoms with Gasteiger partial charge in [-0.05, 0) is 38.3 Å². The maximum atomic E-state index is 5.43. The molecule has 0 saturated heterocycles. The normalized spacial score (nSPS) is 12.1. The summed E-state index contributed by atoms with van der Waals surface area (Å²) in [5.74, 6) is 0. The van der Waals surface area contributed by atoms with Crippen LogP contribution in [-0.4, -0.2) is 16.3 Å². The van der Waals surface area contributed by atoms with Gasteiger partial charge in [-0.1, -0.05) is 11.6 Å². The second-order valence-corrected chi connectivity index (χ2v) is 3.65. The average molecular weight is 193 g/mol. The number of rotatable bonds is 5. The van der Waals surface area contributed by atoms with Crippen LogP contribution in [0.25, 0.3) is 0 Å². The van der Waals surface area contributed by atoms with E-state index in [1.807, 2.05) is 17.9 Å². The SMILES string of the molecule is CC(=CCCN)CCc1cnn(C)c1. The molecule has 1 heterocycles. The lowest BCUT2D eigenvalue weighted by Gasteiger charge is -1.98. The molecule has 3 nitrogen and oxygen atoms in total. The van der Waals surface area contributed by atoms with E-state index in [0.29, 0.717) is 0 Å². The lowest BCUT2D eigenvalue weighted by molar-refractivity contribution is 0.766. The third-order valence-corrected chi connectivity index (χ3v) is 2.23. The van der Waals surface area contributed by atoms with E-state index in [1.54, 1.807) is 0 Å². The molecule has 0 aromatic carbocycles. The maximum Gasteiger partial charge on any atom is 0.0521 e. The van der Waals surface area contributed by atoms with Crippen LogP contribution in [0.2, 0.25) is 0 Å². The fraction of sp³-hybridized carbons (Fsp3) is 0.545. The first kappa shape index (κ1) is 11.0. The summed E-state index contributed by atoms with van der Waals surface area (Å²) in [4.78, 5) is 0. The summed E-state index contributed by atoms with van der Waals surface area (Å²) in [5, 5.41) is 4.13. The zero-order chi connectivity index (χ0) is 10.4. The van der Waals surface area contributed by atoms with Crippen LogP contribution in [0.1, 0.15) is 25.3 Å². The summed E-state index contributed by atoms with van der Waals surface area (Å²) in [7, 11) is 1.95. The van der Waals surface area contributed by atoms with Gasteiger partial charge in [-0.2, -0.15) is 5.10 Å². The lowest BCUT2D eigenvalue weighted by Crippen LogP contribution is -1.96. The molecule has 0 atom stereocenters. The number of aromatic nitrogens is 2. The Bertz CT molecular complexity index is 299. The molecule has 0 fully saturated rings. The summed E-state index contributed by atoms with van der Waals surface area (Å²) in [6.07, 6.45) is 9.37. The maximum absolute atomic E-state index is 5.43. The average Bonchev–Trinajstić information content (AvgIpc) is 2.58. The highest BCUT2D eigenvalue weighted by Crippen LogP contribution is 2.08. The van der Waals surface area contributed by atoms with Crippen LogP contribution in [0.3, 0.4) is 0 Å². The van der Waals surface area contributed by atoms with Crippen LogP contribution in [0, 0.1) is 0 Å². The van der Waals surface area contributed by atoms with Crippen LogP contribution in [-0.2, 0) is 13.5 Å². The van der Waals surface area contributed by atoms with Crippen molar-refractivity contribution in [3.63, 3.8) is 0 Å². The zero-order valence-corrected chi connectivity index (χ0v) is 9.03. The Kier molecular flexibility index (Phi) is 4.40. The van der Waals surface area contributed by atoms with Crippen LogP contribution >= 0.6 is 0 Å². The molecule has 78 valence electrons. The summed E-state index contributed by atoms with van der Waals surface area (Å²) in [5.41, 5.74) is 8.14. The van der Waals surface area contributed by atoms with Crippen LogP contribution in [0.5, 0.6) is 0 Å². The van der Waals surface area contributed by atoms with Gasteiger partial charge in [0.25, 0.3) is 0 Å². The summed E-state index contributed by atoms with van der Waals surface area (Å²) in [6, 6.07) is 0. The monoisotopic (exact) mass is 193 g/mol. The smallest absolute Gasteiger partial charge is 0.0521 e. The van der Waals surface area contributed by atoms with Gasteiger partial charge in [-0.3, -0.25) is 4.68 Å². The second-order valence-electron chi connectivity index (χ2n) is 3.65. The standard InChI is InChI=1S/C11H19N3/c1-10(4-3-7-12)5-6-11-8-13-14(2)9-11/h4,8-9H,3,5-7,12H2,1-2H3. The number of nitrogens with two attached hydrogens (primary N) is 1. The molecule has 0 aliphatic rings. The molecule has 1 aromatic rings. The van der Waals surface area contributed by atoms with Crippen molar-refractivity contribution >= 4 is 0 Å². The quantitative estimate of drug-likeness (QED) is 0.723. The third-order valence-electron chi connectivity index (χ3n) is 2.23. The van der Waals surface area contributed by atoms with E-state index in [-0.39, 0.29) is 0 Å². The van der Waals surface area contributed by atoms with Gasteiger partial charge in [0.15, 0.2) is 0 Å². The summed E-state index contributed by atoms with van der Waals surface area (Å²) in [6.45, 7) is 2.90. The van der Waals surface area contributed by atoms with Crippen molar-refractivity contribution in [2.75, 3.05) is 6.54 Å². The van der Waals surface area contributed by atoms with Crippen LogP contribution < -0.4 is 5.73 Å². The Hall–Kier alpha value is -1.09. The Morgan fingerprint density at radius 3 is 3.00 bits per heavy atom. The van der Waals surface area contributed by atoms with E-state index in [9.17, 15) is 0 Å². The highest BCUT2D eigenvalue weighted by atomic mass is 15.2. The van der Waals surface area contributed by atoms with E-state index in [2.05, 4.69) is 24.3 Å². The minimum Gasteiger partial charge on any atom is -0.330 e. The number of hydrogen-bond donors (Lipinski definition) is 1. The van der Waals surface area contributed by atoms with Crippen LogP contribution in [0.15, 0.2) is 24.0 Å². The molecule has 0 saturated carbocycles. The predicted octanol–water partition coefficient (Wildman–Crippen LogP) is 1.65. The summed E-state index contributed by atoms with van der Waals surface area (Å²) >= 11 is 0. The predicted molar refractivity (Wildman–Crippen MR) is 59.0 cm³/mol. The van der Waals surface area contributed by atoms with Crippen molar-refractivity contribution < 1.29 is 0 Å². The largest absolute Gasteiger partial charge is 0.330 e. The van der Waals surface area contributed by atoms with Crippen molar-refractivity contribution in [1.29, 1.82) is 0 Å². The molecule has 0 amide bonds.